The highest BCUT2D eigenvalue weighted by molar-refractivity contribution is 7.47. The number of carbonyl (C=O) groups excluding carboxylic acids is 2. The van der Waals surface area contributed by atoms with Crippen molar-refractivity contribution in [2.24, 2.45) is 5.73 Å². The summed E-state index contributed by atoms with van der Waals surface area (Å²) in [5, 5.41) is 0. The summed E-state index contributed by atoms with van der Waals surface area (Å²) in [5.74, 6) is -0.808. The van der Waals surface area contributed by atoms with E-state index in [1.165, 1.54) is 186 Å². The molecule has 10 heteroatoms. The molecular formula is C46H92NO8P. The largest absolute Gasteiger partial charge is 0.472 e. The maximum Gasteiger partial charge on any atom is 0.472 e. The van der Waals surface area contributed by atoms with Crippen LogP contribution >= 0.6 is 7.82 Å². The molecule has 0 saturated carbocycles. The highest BCUT2D eigenvalue weighted by Crippen LogP contribution is 2.43. The minimum atomic E-state index is -4.37. The molecule has 56 heavy (non-hydrogen) atoms. The summed E-state index contributed by atoms with van der Waals surface area (Å²) < 4.78 is 32.9. The van der Waals surface area contributed by atoms with Gasteiger partial charge in [-0.1, -0.05) is 226 Å². The molecule has 0 aromatic rings. The lowest BCUT2D eigenvalue weighted by Gasteiger charge is -2.19. The van der Waals surface area contributed by atoms with Crippen LogP contribution in [0.5, 0.6) is 0 Å². The molecule has 0 aliphatic carbocycles. The Balaban J connectivity index is 4.03. The van der Waals surface area contributed by atoms with Gasteiger partial charge in [-0.3, -0.25) is 18.6 Å². The third kappa shape index (κ3) is 42.6. The van der Waals surface area contributed by atoms with Gasteiger partial charge in [0.25, 0.3) is 0 Å². The van der Waals surface area contributed by atoms with Crippen LogP contribution in [0.15, 0.2) is 0 Å². The first-order chi connectivity index (χ1) is 27.3. The van der Waals surface area contributed by atoms with E-state index in [1.807, 2.05) is 0 Å². The van der Waals surface area contributed by atoms with Gasteiger partial charge in [0.2, 0.25) is 0 Å². The van der Waals surface area contributed by atoms with Gasteiger partial charge in [-0.2, -0.15) is 0 Å². The van der Waals surface area contributed by atoms with Gasteiger partial charge in [-0.05, 0) is 12.8 Å². The third-order valence-corrected chi connectivity index (χ3v) is 11.7. The van der Waals surface area contributed by atoms with Crippen molar-refractivity contribution >= 4 is 19.8 Å². The first-order valence-electron chi connectivity index (χ1n) is 24.0. The van der Waals surface area contributed by atoms with Crippen LogP contribution in [-0.4, -0.2) is 49.3 Å². The lowest BCUT2D eigenvalue weighted by molar-refractivity contribution is -0.161. The second-order valence-corrected chi connectivity index (χ2v) is 17.8. The normalized spacial score (nSPS) is 13.1. The van der Waals surface area contributed by atoms with Crippen LogP contribution in [0.2, 0.25) is 0 Å². The molecule has 0 saturated heterocycles. The summed E-state index contributed by atoms with van der Waals surface area (Å²) in [4.78, 5) is 35.0. The van der Waals surface area contributed by atoms with Gasteiger partial charge in [0.1, 0.15) is 6.61 Å². The van der Waals surface area contributed by atoms with Crippen molar-refractivity contribution in [3.8, 4) is 0 Å². The molecule has 0 rings (SSSR count). The smallest absolute Gasteiger partial charge is 0.462 e. The molecule has 3 N–H and O–H groups in total. The zero-order chi connectivity index (χ0) is 41.1. The van der Waals surface area contributed by atoms with Crippen LogP contribution in [0.3, 0.4) is 0 Å². The maximum absolute atomic E-state index is 12.6. The molecule has 0 fully saturated rings. The van der Waals surface area contributed by atoms with Crippen LogP contribution in [0.1, 0.15) is 251 Å². The summed E-state index contributed by atoms with van der Waals surface area (Å²) in [6, 6.07) is 0. The Morgan fingerprint density at radius 1 is 0.464 bits per heavy atom. The Morgan fingerprint density at radius 2 is 0.768 bits per heavy atom. The average Bonchev–Trinajstić information content (AvgIpc) is 3.18. The lowest BCUT2D eigenvalue weighted by Crippen LogP contribution is -2.29. The Labute approximate surface area is 346 Å². The van der Waals surface area contributed by atoms with E-state index in [4.69, 9.17) is 24.3 Å². The number of ether oxygens (including phenoxy) is 2. The fraction of sp³-hybridized carbons (Fsp3) is 0.957. The standard InChI is InChI=1S/C46H92NO8P/c1-3-5-7-9-11-13-15-17-19-21-22-23-25-27-29-31-33-35-37-39-46(49)55-44(43-54-56(50,51)53-41-40-47)42-52-45(48)38-36-34-32-30-28-26-24-20-18-16-14-12-10-8-6-4-2/h44H,3-43,47H2,1-2H3,(H,50,51). The second kappa shape index (κ2) is 43.6. The molecule has 0 aromatic carbocycles. The summed E-state index contributed by atoms with van der Waals surface area (Å²) in [6.07, 6.45) is 44.2. The van der Waals surface area contributed by atoms with Crippen molar-refractivity contribution in [2.45, 2.75) is 258 Å². The first kappa shape index (κ1) is 55.0. The number of esters is 2. The molecular weight excluding hydrogens is 725 g/mol. The van der Waals surface area contributed by atoms with Gasteiger partial charge >= 0.3 is 19.8 Å². The van der Waals surface area contributed by atoms with E-state index in [-0.39, 0.29) is 38.6 Å². The minimum Gasteiger partial charge on any atom is -0.462 e. The SMILES string of the molecule is CCCCCCCCCCCCCCCCCCCCCC(=O)OC(COC(=O)CCCCCCCCCCCCCCCCCC)COP(=O)(O)OCCN. The van der Waals surface area contributed by atoms with E-state index in [0.717, 1.165) is 32.1 Å². The molecule has 0 bridgehead atoms. The number of carbonyl (C=O) groups is 2. The molecule has 0 aliphatic heterocycles. The van der Waals surface area contributed by atoms with Gasteiger partial charge < -0.3 is 20.1 Å². The third-order valence-electron chi connectivity index (χ3n) is 10.7. The van der Waals surface area contributed by atoms with Gasteiger partial charge in [-0.15, -0.1) is 0 Å². The maximum atomic E-state index is 12.6. The van der Waals surface area contributed by atoms with Crippen molar-refractivity contribution in [2.75, 3.05) is 26.4 Å². The number of rotatable bonds is 46. The average molecular weight is 818 g/mol. The van der Waals surface area contributed by atoms with E-state index in [9.17, 15) is 19.0 Å². The Hall–Kier alpha value is -0.990. The van der Waals surface area contributed by atoms with Crippen LogP contribution < -0.4 is 5.73 Å². The summed E-state index contributed by atoms with van der Waals surface area (Å²) in [6.45, 7) is 3.79. The molecule has 0 radical (unpaired) electrons. The monoisotopic (exact) mass is 818 g/mol. The van der Waals surface area contributed by atoms with Crippen molar-refractivity contribution in [1.82, 2.24) is 0 Å². The molecule has 9 nitrogen and oxygen atoms in total. The Morgan fingerprint density at radius 3 is 1.09 bits per heavy atom. The van der Waals surface area contributed by atoms with E-state index in [1.54, 1.807) is 0 Å². The van der Waals surface area contributed by atoms with Crippen molar-refractivity contribution in [3.05, 3.63) is 0 Å². The predicted octanol–water partition coefficient (Wildman–Crippen LogP) is 14.0. The van der Waals surface area contributed by atoms with E-state index in [2.05, 4.69) is 13.8 Å². The Bertz CT molecular complexity index is 891. The van der Waals surface area contributed by atoms with Gasteiger partial charge in [-0.25, -0.2) is 4.57 Å². The summed E-state index contributed by atoms with van der Waals surface area (Å²) in [5.41, 5.74) is 5.36. The van der Waals surface area contributed by atoms with Crippen LogP contribution in [0.25, 0.3) is 0 Å². The van der Waals surface area contributed by atoms with Crippen LogP contribution in [0.4, 0.5) is 0 Å². The van der Waals surface area contributed by atoms with Gasteiger partial charge in [0, 0.05) is 19.4 Å². The Kier molecular flexibility index (Phi) is 42.8. The molecule has 0 aliphatic rings. The van der Waals surface area contributed by atoms with E-state index < -0.39 is 26.5 Å². The number of phosphoric acid groups is 1. The van der Waals surface area contributed by atoms with Crippen LogP contribution in [0, 0.1) is 0 Å². The molecule has 2 unspecified atom stereocenters. The number of unbranched alkanes of at least 4 members (excludes halogenated alkanes) is 33. The lowest BCUT2D eigenvalue weighted by atomic mass is 10.0. The molecule has 0 aromatic heterocycles. The van der Waals surface area contributed by atoms with E-state index in [0.29, 0.717) is 6.42 Å². The van der Waals surface area contributed by atoms with Crippen molar-refractivity contribution in [1.29, 1.82) is 0 Å². The molecule has 2 atom stereocenters. The zero-order valence-electron chi connectivity index (χ0n) is 36.9. The zero-order valence-corrected chi connectivity index (χ0v) is 37.8. The highest BCUT2D eigenvalue weighted by Gasteiger charge is 2.26. The molecule has 0 heterocycles. The summed E-state index contributed by atoms with van der Waals surface area (Å²) in [7, 11) is -4.37. The predicted molar refractivity (Wildman–Crippen MR) is 234 cm³/mol. The van der Waals surface area contributed by atoms with Gasteiger partial charge in [0.05, 0.1) is 13.2 Å². The fourth-order valence-corrected chi connectivity index (χ4v) is 7.93. The molecule has 0 amide bonds. The van der Waals surface area contributed by atoms with Crippen LogP contribution in [-0.2, 0) is 32.7 Å². The highest BCUT2D eigenvalue weighted by atomic mass is 31.2. The quantitative estimate of drug-likeness (QED) is 0.0350. The van der Waals surface area contributed by atoms with Crippen molar-refractivity contribution < 1.29 is 37.6 Å². The second-order valence-electron chi connectivity index (χ2n) is 16.3. The van der Waals surface area contributed by atoms with E-state index >= 15 is 0 Å². The fourth-order valence-electron chi connectivity index (χ4n) is 7.17. The molecule has 334 valence electrons. The number of hydrogen-bond donors (Lipinski definition) is 2. The van der Waals surface area contributed by atoms with Gasteiger partial charge in [0.15, 0.2) is 6.10 Å². The number of nitrogens with two attached hydrogens (primary N) is 1. The minimum absolute atomic E-state index is 0.0583. The molecule has 0 spiro atoms. The topological polar surface area (TPSA) is 134 Å². The first-order valence-corrected chi connectivity index (χ1v) is 25.5. The summed E-state index contributed by atoms with van der Waals surface area (Å²) >= 11 is 0. The number of hydrogen-bond acceptors (Lipinski definition) is 8. The number of phosphoric ester groups is 1. The van der Waals surface area contributed by atoms with Crippen molar-refractivity contribution in [3.63, 3.8) is 0 Å².